The van der Waals surface area contributed by atoms with E-state index in [1.807, 2.05) is 19.1 Å². The Balaban J connectivity index is 0.000000735. The van der Waals surface area contributed by atoms with Crippen molar-refractivity contribution in [3.63, 3.8) is 0 Å². The van der Waals surface area contributed by atoms with Gasteiger partial charge in [-0.2, -0.15) is 8.42 Å². The topological polar surface area (TPSA) is 171 Å². The number of aliphatic hydroxyl groups is 1. The number of rotatable bonds is 4. The second-order valence-corrected chi connectivity index (χ2v) is 7.80. The Morgan fingerprint density at radius 3 is 2.13 bits per heavy atom. The third-order valence-electron chi connectivity index (χ3n) is 3.88. The molecular weight excluding hydrogens is 436 g/mol. The minimum absolute atomic E-state index is 0.0772. The third kappa shape index (κ3) is 5.90. The summed E-state index contributed by atoms with van der Waals surface area (Å²) >= 11 is 0. The van der Waals surface area contributed by atoms with Crippen LogP contribution < -0.4 is 0 Å². The average Bonchev–Trinajstić information content (AvgIpc) is 2.66. The molecule has 0 spiro atoms. The normalized spacial score (nSPS) is 11.3. The van der Waals surface area contributed by atoms with E-state index in [1.165, 1.54) is 12.1 Å². The van der Waals surface area contributed by atoms with Crippen molar-refractivity contribution in [2.45, 2.75) is 18.4 Å². The maximum absolute atomic E-state index is 11.5. The number of fused-ring (bicyclic) bond motifs is 1. The van der Waals surface area contributed by atoms with Crippen LogP contribution in [0.15, 0.2) is 63.7 Å². The maximum Gasteiger partial charge on any atom is 0.425 e. The van der Waals surface area contributed by atoms with Gasteiger partial charge in [-0.3, -0.25) is 4.55 Å². The standard InChI is InChI=1S/C18H16N2O5S.O3S/c1-11-2-5-14-13(8-11)4-7-16(18(14)22)20-19-15-6-3-12(10-21)9-17(15)26(23,24)25;1-4(2)3/h2-9,21-22H,10H2,1H3,(H,23,24,25);. The fourth-order valence-electron chi connectivity index (χ4n) is 2.56. The Bertz CT molecular complexity index is 1330. The highest BCUT2D eigenvalue weighted by molar-refractivity contribution is 7.86. The van der Waals surface area contributed by atoms with Crippen molar-refractivity contribution >= 4 is 42.9 Å². The Hall–Kier alpha value is -3.19. The molecule has 0 saturated carbocycles. The third-order valence-corrected chi connectivity index (χ3v) is 4.76. The number of phenols is 1. The molecule has 0 aliphatic heterocycles. The second kappa shape index (κ2) is 9.54. The minimum atomic E-state index is -4.55. The predicted octanol–water partition coefficient (Wildman–Crippen LogP) is 3.00. The Labute approximate surface area is 173 Å². The first-order valence-corrected chi connectivity index (χ1v) is 10.6. The molecule has 3 aromatic carbocycles. The Morgan fingerprint density at radius 1 is 0.933 bits per heavy atom. The number of phenolic OH excluding ortho intramolecular Hbond substituents is 1. The highest BCUT2D eigenvalue weighted by Crippen LogP contribution is 2.36. The van der Waals surface area contributed by atoms with Crippen LogP contribution in [0.4, 0.5) is 11.4 Å². The van der Waals surface area contributed by atoms with Gasteiger partial charge in [-0.1, -0.05) is 35.9 Å². The van der Waals surface area contributed by atoms with E-state index in [0.717, 1.165) is 17.0 Å². The summed E-state index contributed by atoms with van der Waals surface area (Å²) in [5.74, 6) is -0.0772. The molecule has 3 aromatic rings. The fourth-order valence-corrected chi connectivity index (χ4v) is 3.23. The van der Waals surface area contributed by atoms with E-state index in [2.05, 4.69) is 10.2 Å². The van der Waals surface area contributed by atoms with Gasteiger partial charge < -0.3 is 10.2 Å². The van der Waals surface area contributed by atoms with Gasteiger partial charge in [-0.15, -0.1) is 22.9 Å². The SMILES string of the molecule is Cc1ccc2c(O)c(N=Nc3ccc(CO)cc3S(=O)(=O)O)ccc2c1.O=S(=O)=O. The summed E-state index contributed by atoms with van der Waals surface area (Å²) in [6.07, 6.45) is 0. The molecule has 0 heterocycles. The summed E-state index contributed by atoms with van der Waals surface area (Å²) < 4.78 is 57.7. The lowest BCUT2D eigenvalue weighted by atomic mass is 10.1. The highest BCUT2D eigenvalue weighted by atomic mass is 32.2. The molecule has 3 N–H and O–H groups in total. The number of benzene rings is 3. The average molecular weight is 452 g/mol. The number of aryl methyl sites for hydroxylation is 1. The molecular formula is C18H16N2O8S2. The second-order valence-electron chi connectivity index (χ2n) is 6.00. The first-order chi connectivity index (χ1) is 14.0. The van der Waals surface area contributed by atoms with Gasteiger partial charge in [0.2, 0.25) is 0 Å². The molecule has 3 rings (SSSR count). The summed E-state index contributed by atoms with van der Waals surface area (Å²) in [4.78, 5) is -0.469. The molecule has 0 saturated heterocycles. The predicted molar refractivity (Wildman–Crippen MR) is 106 cm³/mol. The summed E-state index contributed by atoms with van der Waals surface area (Å²) in [6.45, 7) is 1.56. The van der Waals surface area contributed by atoms with Gasteiger partial charge in [0.1, 0.15) is 16.3 Å². The summed E-state index contributed by atoms with van der Waals surface area (Å²) in [7, 11) is -7.66. The molecule has 0 aromatic heterocycles. The number of aliphatic hydroxyl groups excluding tert-OH is 1. The van der Waals surface area contributed by atoms with Crippen molar-refractivity contribution in [2.24, 2.45) is 10.2 Å². The van der Waals surface area contributed by atoms with Crippen LogP contribution in [0, 0.1) is 6.92 Å². The molecule has 0 bridgehead atoms. The van der Waals surface area contributed by atoms with E-state index >= 15 is 0 Å². The first kappa shape index (κ1) is 23.1. The lowest BCUT2D eigenvalue weighted by Gasteiger charge is -2.06. The van der Waals surface area contributed by atoms with Gasteiger partial charge in [0.25, 0.3) is 10.1 Å². The maximum atomic E-state index is 11.5. The van der Waals surface area contributed by atoms with Crippen LogP contribution in [0.25, 0.3) is 10.8 Å². The van der Waals surface area contributed by atoms with Gasteiger partial charge in [-0.05, 0) is 36.1 Å². The van der Waals surface area contributed by atoms with Crippen LogP contribution in [0.3, 0.4) is 0 Å². The highest BCUT2D eigenvalue weighted by Gasteiger charge is 2.16. The van der Waals surface area contributed by atoms with Crippen molar-refractivity contribution in [1.29, 1.82) is 0 Å². The van der Waals surface area contributed by atoms with Crippen LogP contribution in [0.2, 0.25) is 0 Å². The molecule has 158 valence electrons. The zero-order valence-electron chi connectivity index (χ0n) is 15.4. The minimum Gasteiger partial charge on any atom is -0.505 e. The zero-order chi connectivity index (χ0) is 22.5. The summed E-state index contributed by atoms with van der Waals surface area (Å²) in [5.41, 5.74) is 1.41. The smallest absolute Gasteiger partial charge is 0.425 e. The van der Waals surface area contributed by atoms with Crippen LogP contribution in [-0.4, -0.2) is 35.8 Å². The lowest BCUT2D eigenvalue weighted by Crippen LogP contribution is -1.99. The van der Waals surface area contributed by atoms with Gasteiger partial charge in [0.05, 0.1) is 6.61 Å². The van der Waals surface area contributed by atoms with Crippen molar-refractivity contribution in [1.82, 2.24) is 0 Å². The molecule has 0 aliphatic carbocycles. The molecule has 10 nitrogen and oxygen atoms in total. The van der Waals surface area contributed by atoms with Crippen LogP contribution in [-0.2, 0) is 27.3 Å². The van der Waals surface area contributed by atoms with Crippen LogP contribution >= 0.6 is 0 Å². The fraction of sp³-hybridized carbons (Fsp3) is 0.111. The number of hydrogen-bond acceptors (Lipinski definition) is 9. The summed E-state index contributed by atoms with van der Waals surface area (Å²) in [6, 6.07) is 12.8. The Morgan fingerprint density at radius 2 is 1.53 bits per heavy atom. The molecule has 0 fully saturated rings. The molecule has 0 radical (unpaired) electrons. The molecule has 30 heavy (non-hydrogen) atoms. The number of nitrogens with zero attached hydrogens (tertiary/aromatic N) is 2. The number of azo groups is 1. The van der Waals surface area contributed by atoms with E-state index in [4.69, 9.17) is 17.7 Å². The lowest BCUT2D eigenvalue weighted by molar-refractivity contribution is 0.281. The van der Waals surface area contributed by atoms with Gasteiger partial charge >= 0.3 is 10.6 Å². The molecule has 0 unspecified atom stereocenters. The quantitative estimate of drug-likeness (QED) is 0.400. The number of aromatic hydroxyl groups is 1. The summed E-state index contributed by atoms with van der Waals surface area (Å²) in [5, 5.41) is 28.7. The molecule has 0 amide bonds. The van der Waals surface area contributed by atoms with Crippen molar-refractivity contribution in [2.75, 3.05) is 0 Å². The van der Waals surface area contributed by atoms with Crippen molar-refractivity contribution in [3.8, 4) is 5.75 Å². The largest absolute Gasteiger partial charge is 0.505 e. The van der Waals surface area contributed by atoms with Gasteiger partial charge in [-0.25, -0.2) is 0 Å². The molecule has 0 aliphatic rings. The zero-order valence-corrected chi connectivity index (χ0v) is 17.1. The van der Waals surface area contributed by atoms with E-state index < -0.39 is 25.6 Å². The van der Waals surface area contributed by atoms with E-state index in [1.54, 1.807) is 18.2 Å². The monoisotopic (exact) mass is 452 g/mol. The van der Waals surface area contributed by atoms with Gasteiger partial charge in [0.15, 0.2) is 5.75 Å². The van der Waals surface area contributed by atoms with E-state index in [0.29, 0.717) is 10.9 Å². The van der Waals surface area contributed by atoms with Crippen molar-refractivity contribution in [3.05, 3.63) is 59.7 Å². The first-order valence-electron chi connectivity index (χ1n) is 8.15. The van der Waals surface area contributed by atoms with E-state index in [9.17, 15) is 18.1 Å². The van der Waals surface area contributed by atoms with Crippen LogP contribution in [0.1, 0.15) is 11.1 Å². The van der Waals surface area contributed by atoms with Gasteiger partial charge in [0, 0.05) is 5.39 Å². The van der Waals surface area contributed by atoms with Crippen molar-refractivity contribution < 1.29 is 35.8 Å². The number of hydrogen-bond donors (Lipinski definition) is 3. The molecule has 0 atom stereocenters. The molecule has 12 heteroatoms. The van der Waals surface area contributed by atoms with Crippen LogP contribution in [0.5, 0.6) is 5.75 Å². The Kier molecular flexibility index (Phi) is 7.34. The van der Waals surface area contributed by atoms with E-state index in [-0.39, 0.29) is 23.7 Å².